The van der Waals surface area contributed by atoms with E-state index in [0.717, 1.165) is 46.1 Å². The van der Waals surface area contributed by atoms with Crippen LogP contribution in [-0.4, -0.2) is 42.0 Å². The van der Waals surface area contributed by atoms with Crippen LogP contribution >= 0.6 is 11.3 Å². The van der Waals surface area contributed by atoms with Crippen molar-refractivity contribution in [1.29, 1.82) is 0 Å². The highest BCUT2D eigenvalue weighted by Gasteiger charge is 2.21. The maximum absolute atomic E-state index is 13.4. The van der Waals surface area contributed by atoms with E-state index < -0.39 is 0 Å². The van der Waals surface area contributed by atoms with Crippen molar-refractivity contribution in [3.8, 4) is 0 Å². The van der Waals surface area contributed by atoms with E-state index in [1.807, 2.05) is 11.0 Å². The Bertz CT molecular complexity index is 991. The molecule has 0 unspecified atom stereocenters. The fourth-order valence-corrected chi connectivity index (χ4v) is 4.60. The predicted molar refractivity (Wildman–Crippen MR) is 124 cm³/mol. The molecule has 0 bridgehead atoms. The van der Waals surface area contributed by atoms with Gasteiger partial charge in [0.15, 0.2) is 5.13 Å². The number of aryl methyl sites for hydroxylation is 3. The van der Waals surface area contributed by atoms with Gasteiger partial charge in [-0.3, -0.25) is 9.69 Å². The average Bonchev–Trinajstić information content (AvgIpc) is 3.10. The molecule has 1 heterocycles. The van der Waals surface area contributed by atoms with Crippen molar-refractivity contribution in [2.45, 2.75) is 41.0 Å². The molecule has 0 fully saturated rings. The zero-order valence-electron chi connectivity index (χ0n) is 18.2. The first-order valence-electron chi connectivity index (χ1n) is 10.4. The van der Waals surface area contributed by atoms with Gasteiger partial charge < -0.3 is 4.90 Å². The molecule has 3 rings (SSSR count). The van der Waals surface area contributed by atoms with Crippen molar-refractivity contribution < 1.29 is 4.79 Å². The number of carbonyl (C=O) groups excluding carboxylic acids is 1. The van der Waals surface area contributed by atoms with Crippen LogP contribution < -0.4 is 4.90 Å². The van der Waals surface area contributed by atoms with Crippen LogP contribution in [0.4, 0.5) is 5.13 Å². The lowest BCUT2D eigenvalue weighted by Gasteiger charge is -2.25. The van der Waals surface area contributed by atoms with E-state index in [0.29, 0.717) is 13.0 Å². The maximum atomic E-state index is 13.4. The van der Waals surface area contributed by atoms with Crippen LogP contribution in [0.3, 0.4) is 0 Å². The Kier molecular flexibility index (Phi) is 7.04. The van der Waals surface area contributed by atoms with E-state index >= 15 is 0 Å². The van der Waals surface area contributed by atoms with Crippen LogP contribution in [0.5, 0.6) is 0 Å². The molecule has 3 aromatic rings. The zero-order valence-corrected chi connectivity index (χ0v) is 19.0. The first-order valence-corrected chi connectivity index (χ1v) is 11.2. The molecule has 0 N–H and O–H groups in total. The van der Waals surface area contributed by atoms with E-state index in [9.17, 15) is 4.79 Å². The lowest BCUT2D eigenvalue weighted by Crippen LogP contribution is -2.39. The number of thiazole rings is 1. The number of likely N-dealkylation sites (N-methyl/N-ethyl adjacent to an activating group) is 1. The SMILES string of the molecule is CCN(CC)CCN(C(=O)Cc1cc(C)ccc1C)c1nc2ccc(C)cc2s1. The van der Waals surface area contributed by atoms with Crippen molar-refractivity contribution in [2.24, 2.45) is 0 Å². The van der Waals surface area contributed by atoms with Gasteiger partial charge in [0, 0.05) is 13.1 Å². The second kappa shape index (κ2) is 9.51. The molecule has 5 heteroatoms. The molecule has 0 aliphatic carbocycles. The Balaban J connectivity index is 1.90. The number of benzene rings is 2. The third-order valence-electron chi connectivity index (χ3n) is 5.45. The van der Waals surface area contributed by atoms with Crippen molar-refractivity contribution >= 4 is 32.6 Å². The molecule has 0 aliphatic heterocycles. The van der Waals surface area contributed by atoms with Crippen LogP contribution in [0.15, 0.2) is 36.4 Å². The third kappa shape index (κ3) is 5.22. The number of fused-ring (bicyclic) bond motifs is 1. The Morgan fingerprint density at radius 2 is 1.66 bits per heavy atom. The molecule has 0 spiro atoms. The van der Waals surface area contributed by atoms with Gasteiger partial charge in [-0.15, -0.1) is 0 Å². The average molecular weight is 410 g/mol. The van der Waals surface area contributed by atoms with E-state index in [4.69, 9.17) is 4.98 Å². The predicted octanol–water partition coefficient (Wildman–Crippen LogP) is 5.14. The Morgan fingerprint density at radius 3 is 2.38 bits per heavy atom. The number of hydrogen-bond acceptors (Lipinski definition) is 4. The summed E-state index contributed by atoms with van der Waals surface area (Å²) < 4.78 is 1.13. The summed E-state index contributed by atoms with van der Waals surface area (Å²) in [6.45, 7) is 14.0. The summed E-state index contributed by atoms with van der Waals surface area (Å²) >= 11 is 1.61. The molecule has 4 nitrogen and oxygen atoms in total. The van der Waals surface area contributed by atoms with E-state index in [2.05, 4.69) is 69.9 Å². The fraction of sp³-hybridized carbons (Fsp3) is 0.417. The molecule has 2 aromatic carbocycles. The topological polar surface area (TPSA) is 36.4 Å². The quantitative estimate of drug-likeness (QED) is 0.517. The molecule has 154 valence electrons. The van der Waals surface area contributed by atoms with E-state index in [1.54, 1.807) is 11.3 Å². The minimum absolute atomic E-state index is 0.113. The number of anilines is 1. The van der Waals surface area contributed by atoms with Gasteiger partial charge in [0.25, 0.3) is 0 Å². The van der Waals surface area contributed by atoms with Crippen molar-refractivity contribution in [1.82, 2.24) is 9.88 Å². The lowest BCUT2D eigenvalue weighted by molar-refractivity contribution is -0.118. The number of hydrogen-bond donors (Lipinski definition) is 0. The Labute approximate surface area is 178 Å². The molecule has 1 amide bonds. The number of rotatable bonds is 8. The first-order chi connectivity index (χ1) is 13.9. The molecule has 0 saturated heterocycles. The number of carbonyl (C=O) groups is 1. The maximum Gasteiger partial charge on any atom is 0.233 e. The minimum atomic E-state index is 0.113. The van der Waals surface area contributed by atoms with Crippen molar-refractivity contribution in [3.05, 3.63) is 58.7 Å². The molecular formula is C24H31N3OS. The standard InChI is InChI=1S/C24H31N3OS/c1-6-26(7-2)12-13-27(23(28)16-20-14-17(3)8-10-19(20)5)24-25-21-11-9-18(4)15-22(21)29-24/h8-11,14-15H,6-7,12-13,16H2,1-5H3. The summed E-state index contributed by atoms with van der Waals surface area (Å²) in [5, 5.41) is 0.799. The van der Waals surface area contributed by atoms with Gasteiger partial charge in [-0.25, -0.2) is 4.98 Å². The number of nitrogens with zero attached hydrogens (tertiary/aromatic N) is 3. The van der Waals surface area contributed by atoms with Gasteiger partial charge in [-0.05, 0) is 62.7 Å². The lowest BCUT2D eigenvalue weighted by atomic mass is 10.0. The number of aromatic nitrogens is 1. The highest BCUT2D eigenvalue weighted by Crippen LogP contribution is 2.30. The highest BCUT2D eigenvalue weighted by molar-refractivity contribution is 7.22. The molecule has 29 heavy (non-hydrogen) atoms. The van der Waals surface area contributed by atoms with Gasteiger partial charge in [-0.1, -0.05) is 55.0 Å². The summed E-state index contributed by atoms with van der Waals surface area (Å²) in [7, 11) is 0. The normalized spacial score (nSPS) is 11.4. The Morgan fingerprint density at radius 1 is 0.966 bits per heavy atom. The summed E-state index contributed by atoms with van der Waals surface area (Å²) in [5.41, 5.74) is 5.61. The van der Waals surface area contributed by atoms with Crippen molar-refractivity contribution in [3.63, 3.8) is 0 Å². The second-order valence-electron chi connectivity index (χ2n) is 7.65. The molecular weight excluding hydrogens is 378 g/mol. The van der Waals surface area contributed by atoms with Gasteiger partial charge in [0.1, 0.15) is 0 Å². The summed E-state index contributed by atoms with van der Waals surface area (Å²) in [6, 6.07) is 12.6. The van der Waals surface area contributed by atoms with Crippen LogP contribution in [-0.2, 0) is 11.2 Å². The highest BCUT2D eigenvalue weighted by atomic mass is 32.1. The molecule has 0 aliphatic rings. The Hall–Kier alpha value is -2.24. The van der Waals surface area contributed by atoms with Gasteiger partial charge in [0.2, 0.25) is 5.91 Å². The van der Waals surface area contributed by atoms with Crippen LogP contribution in [0.25, 0.3) is 10.2 Å². The summed E-state index contributed by atoms with van der Waals surface area (Å²) in [5.74, 6) is 0.113. The first kappa shape index (κ1) is 21.5. The van der Waals surface area contributed by atoms with Crippen LogP contribution in [0, 0.1) is 20.8 Å². The summed E-state index contributed by atoms with van der Waals surface area (Å²) in [4.78, 5) is 22.4. The number of amides is 1. The zero-order chi connectivity index (χ0) is 21.0. The molecule has 0 atom stereocenters. The van der Waals surface area contributed by atoms with E-state index in [1.165, 1.54) is 11.1 Å². The smallest absolute Gasteiger partial charge is 0.233 e. The van der Waals surface area contributed by atoms with Crippen LogP contribution in [0.1, 0.15) is 36.1 Å². The largest absolute Gasteiger partial charge is 0.302 e. The fourth-order valence-electron chi connectivity index (χ4n) is 3.49. The van der Waals surface area contributed by atoms with E-state index in [-0.39, 0.29) is 5.91 Å². The molecule has 0 radical (unpaired) electrons. The summed E-state index contributed by atoms with van der Waals surface area (Å²) in [6.07, 6.45) is 0.403. The minimum Gasteiger partial charge on any atom is -0.302 e. The second-order valence-corrected chi connectivity index (χ2v) is 8.66. The van der Waals surface area contributed by atoms with Gasteiger partial charge in [0.05, 0.1) is 16.6 Å². The van der Waals surface area contributed by atoms with Crippen LogP contribution in [0.2, 0.25) is 0 Å². The van der Waals surface area contributed by atoms with Gasteiger partial charge >= 0.3 is 0 Å². The monoisotopic (exact) mass is 409 g/mol. The van der Waals surface area contributed by atoms with Gasteiger partial charge in [-0.2, -0.15) is 0 Å². The van der Waals surface area contributed by atoms with Crippen molar-refractivity contribution in [2.75, 3.05) is 31.1 Å². The third-order valence-corrected chi connectivity index (χ3v) is 6.49. The molecule has 0 saturated carbocycles. The molecule has 1 aromatic heterocycles.